The van der Waals surface area contributed by atoms with Gasteiger partial charge >= 0.3 is 6.09 Å². The van der Waals surface area contributed by atoms with E-state index in [2.05, 4.69) is 11.1 Å². The maximum atomic E-state index is 12.4. The molecule has 1 amide bonds. The minimum atomic E-state index is -0.327. The molecule has 0 unspecified atom stereocenters. The average Bonchev–Trinajstić information content (AvgIpc) is 2.71. The zero-order valence-corrected chi connectivity index (χ0v) is 15.2. The highest BCUT2D eigenvalue weighted by Crippen LogP contribution is 2.31. The highest BCUT2D eigenvalue weighted by Gasteiger charge is 2.29. The number of benzene rings is 1. The second kappa shape index (κ2) is 7.90. The van der Waals surface area contributed by atoms with Crippen molar-refractivity contribution < 1.29 is 19.0 Å². The lowest BCUT2D eigenvalue weighted by Crippen LogP contribution is -2.36. The predicted molar refractivity (Wildman–Crippen MR) is 99.4 cm³/mol. The van der Waals surface area contributed by atoms with Gasteiger partial charge in [0.25, 0.3) is 0 Å². The van der Waals surface area contributed by atoms with Crippen LogP contribution in [0.3, 0.4) is 0 Å². The fourth-order valence-corrected chi connectivity index (χ4v) is 3.15. The number of carbonyl (C=O) groups excluding carboxylic acids is 1. The summed E-state index contributed by atoms with van der Waals surface area (Å²) in [7, 11) is 0. The van der Waals surface area contributed by atoms with E-state index in [1.807, 2.05) is 49.4 Å². The molecule has 0 bridgehead atoms. The van der Waals surface area contributed by atoms with Crippen molar-refractivity contribution in [3.8, 4) is 0 Å². The molecule has 0 N–H and O–H groups in total. The molecule has 1 aromatic carbocycles. The maximum absolute atomic E-state index is 12.4. The lowest BCUT2D eigenvalue weighted by Gasteiger charge is -2.33. The molecule has 6 heteroatoms. The van der Waals surface area contributed by atoms with Crippen LogP contribution >= 0.6 is 0 Å². The Morgan fingerprint density at radius 1 is 1.22 bits per heavy atom. The van der Waals surface area contributed by atoms with E-state index in [0.29, 0.717) is 13.1 Å². The maximum Gasteiger partial charge on any atom is 0.410 e. The van der Waals surface area contributed by atoms with Crippen molar-refractivity contribution in [2.75, 3.05) is 13.1 Å². The predicted octanol–water partition coefficient (Wildman–Crippen LogP) is 3.90. The summed E-state index contributed by atoms with van der Waals surface area (Å²) in [5.41, 5.74) is 3.75. The number of hydrogen-bond acceptors (Lipinski definition) is 5. The van der Waals surface area contributed by atoms with Crippen LogP contribution < -0.4 is 0 Å². The van der Waals surface area contributed by atoms with Crippen LogP contribution in [0.1, 0.15) is 36.5 Å². The van der Waals surface area contributed by atoms with Crippen molar-refractivity contribution in [1.82, 2.24) is 9.88 Å². The molecule has 4 rings (SSSR count). The zero-order chi connectivity index (χ0) is 18.6. The van der Waals surface area contributed by atoms with Crippen molar-refractivity contribution in [2.24, 2.45) is 0 Å². The fourth-order valence-electron chi connectivity index (χ4n) is 3.15. The molecule has 6 nitrogen and oxygen atoms in total. The largest absolute Gasteiger partial charge is 0.445 e. The minimum absolute atomic E-state index is 0.161. The topological polar surface area (TPSA) is 60.9 Å². The number of nitrogens with zero attached hydrogens (tertiary/aromatic N) is 2. The summed E-state index contributed by atoms with van der Waals surface area (Å²) in [6.07, 6.45) is 3.88. The Morgan fingerprint density at radius 3 is 2.74 bits per heavy atom. The van der Waals surface area contributed by atoms with Gasteiger partial charge in [-0.25, -0.2) is 4.79 Å². The molecular weight excluding hydrogens is 344 g/mol. The van der Waals surface area contributed by atoms with E-state index >= 15 is 0 Å². The van der Waals surface area contributed by atoms with Gasteiger partial charge in [-0.05, 0) is 30.5 Å². The first-order chi connectivity index (χ1) is 13.2. The van der Waals surface area contributed by atoms with E-state index in [0.717, 1.165) is 28.8 Å². The Hall–Kier alpha value is -2.70. The number of pyridine rings is 1. The van der Waals surface area contributed by atoms with Crippen molar-refractivity contribution in [3.63, 3.8) is 0 Å². The molecular formula is C21H22N2O4. The molecule has 0 saturated carbocycles. The molecule has 1 fully saturated rings. The van der Waals surface area contributed by atoms with Gasteiger partial charge in [0.05, 0.1) is 12.2 Å². The normalized spacial score (nSPS) is 22.0. The number of aromatic nitrogens is 1. The Bertz CT molecular complexity index is 814. The quantitative estimate of drug-likeness (QED) is 0.821. The van der Waals surface area contributed by atoms with Gasteiger partial charge in [-0.15, -0.1) is 0 Å². The van der Waals surface area contributed by atoms with Gasteiger partial charge in [-0.3, -0.25) is 4.98 Å². The van der Waals surface area contributed by atoms with Crippen molar-refractivity contribution in [1.29, 1.82) is 0 Å². The van der Waals surface area contributed by atoms with E-state index in [-0.39, 0.29) is 25.3 Å². The Morgan fingerprint density at radius 2 is 2.04 bits per heavy atom. The van der Waals surface area contributed by atoms with Gasteiger partial charge < -0.3 is 19.1 Å². The molecule has 140 valence electrons. The third kappa shape index (κ3) is 4.18. The van der Waals surface area contributed by atoms with Crippen molar-refractivity contribution in [2.45, 2.75) is 32.5 Å². The molecule has 2 aromatic rings. The first-order valence-corrected chi connectivity index (χ1v) is 9.11. The third-order valence-electron chi connectivity index (χ3n) is 4.63. The molecule has 27 heavy (non-hydrogen) atoms. The first-order valence-electron chi connectivity index (χ1n) is 9.11. The summed E-state index contributed by atoms with van der Waals surface area (Å²) in [5, 5.41) is 0. The van der Waals surface area contributed by atoms with E-state index in [1.165, 1.54) is 0 Å². The molecule has 2 aliphatic rings. The summed E-state index contributed by atoms with van der Waals surface area (Å²) in [6, 6.07) is 13.6. The van der Waals surface area contributed by atoms with Crippen LogP contribution in [0.25, 0.3) is 5.57 Å². The third-order valence-corrected chi connectivity index (χ3v) is 4.63. The number of rotatable bonds is 4. The monoisotopic (exact) mass is 366 g/mol. The number of amides is 1. The fraction of sp³-hybridized carbons (Fsp3) is 0.333. The minimum Gasteiger partial charge on any atom is -0.445 e. The van der Waals surface area contributed by atoms with Crippen LogP contribution in [0.5, 0.6) is 0 Å². The van der Waals surface area contributed by atoms with Gasteiger partial charge in [0.1, 0.15) is 6.61 Å². The van der Waals surface area contributed by atoms with Gasteiger partial charge in [-0.2, -0.15) is 0 Å². The van der Waals surface area contributed by atoms with Gasteiger partial charge in [0.15, 0.2) is 12.6 Å². The van der Waals surface area contributed by atoms with Crippen molar-refractivity contribution in [3.05, 3.63) is 71.6 Å². The number of hydrogen-bond donors (Lipinski definition) is 0. The molecule has 1 aromatic heterocycles. The summed E-state index contributed by atoms with van der Waals surface area (Å²) >= 11 is 0. The van der Waals surface area contributed by atoms with E-state index in [4.69, 9.17) is 14.2 Å². The number of carbonyl (C=O) groups is 1. The highest BCUT2D eigenvalue weighted by atomic mass is 16.9. The Kier molecular flexibility index (Phi) is 5.18. The lowest BCUT2D eigenvalue weighted by molar-refractivity contribution is -0.382. The van der Waals surface area contributed by atoms with E-state index in [1.54, 1.807) is 11.1 Å². The molecule has 1 saturated heterocycles. The van der Waals surface area contributed by atoms with E-state index in [9.17, 15) is 4.79 Å². The molecule has 2 aliphatic heterocycles. The Labute approximate surface area is 158 Å². The van der Waals surface area contributed by atoms with Crippen LogP contribution in [0, 0.1) is 0 Å². The Balaban J connectivity index is 1.34. The SMILES string of the molecule is CC1OC(c2ccc(C3=CCCN(C(=O)OCc4ccccc4)C3)nc2)O1. The summed E-state index contributed by atoms with van der Waals surface area (Å²) in [6.45, 7) is 3.28. The average molecular weight is 366 g/mol. The van der Waals surface area contributed by atoms with Crippen LogP contribution in [-0.4, -0.2) is 35.4 Å². The molecule has 3 heterocycles. The standard InChI is InChI=1S/C21H22N2O4/c1-15-26-20(27-15)17-9-10-19(22-12-17)18-8-5-11-23(13-18)21(24)25-14-16-6-3-2-4-7-16/h2-4,6-10,12,15,20H,5,11,13-14H2,1H3. The second-order valence-corrected chi connectivity index (χ2v) is 6.63. The highest BCUT2D eigenvalue weighted by molar-refractivity contribution is 5.74. The summed E-state index contributed by atoms with van der Waals surface area (Å²) < 4.78 is 16.4. The molecule has 0 atom stereocenters. The molecule has 0 radical (unpaired) electrons. The van der Waals surface area contributed by atoms with Crippen LogP contribution in [-0.2, 0) is 20.8 Å². The zero-order valence-electron chi connectivity index (χ0n) is 15.2. The molecule has 0 aliphatic carbocycles. The molecule has 0 spiro atoms. The van der Waals surface area contributed by atoms with Gasteiger partial charge in [0, 0.05) is 18.3 Å². The van der Waals surface area contributed by atoms with Crippen molar-refractivity contribution >= 4 is 11.7 Å². The number of ether oxygens (including phenoxy) is 3. The van der Waals surface area contributed by atoms with Crippen LogP contribution in [0.4, 0.5) is 4.79 Å². The van der Waals surface area contributed by atoms with E-state index < -0.39 is 0 Å². The lowest BCUT2D eigenvalue weighted by atomic mass is 10.1. The van der Waals surface area contributed by atoms with Crippen LogP contribution in [0.15, 0.2) is 54.7 Å². The second-order valence-electron chi connectivity index (χ2n) is 6.63. The van der Waals surface area contributed by atoms with Gasteiger partial charge in [0.2, 0.25) is 0 Å². The summed E-state index contributed by atoms with van der Waals surface area (Å²) in [5.74, 6) is 0. The summed E-state index contributed by atoms with van der Waals surface area (Å²) in [4.78, 5) is 18.6. The smallest absolute Gasteiger partial charge is 0.410 e. The first kappa shape index (κ1) is 17.7. The van der Waals surface area contributed by atoms with Crippen LogP contribution in [0.2, 0.25) is 0 Å². The van der Waals surface area contributed by atoms with Gasteiger partial charge in [-0.1, -0.05) is 42.5 Å².